The maximum atomic E-state index is 14.0. The summed E-state index contributed by atoms with van der Waals surface area (Å²) in [6, 6.07) is 19.6. The largest absolute Gasteiger partial charge is 0.324 e. The summed E-state index contributed by atoms with van der Waals surface area (Å²) in [4.78, 5) is 39.8. The number of aryl methyl sites for hydroxylation is 2. The van der Waals surface area contributed by atoms with E-state index in [2.05, 4.69) is 5.32 Å². The Kier molecular flexibility index (Phi) is 4.96. The number of halogens is 2. The number of amides is 3. The van der Waals surface area contributed by atoms with Crippen molar-refractivity contribution in [3.8, 4) is 0 Å². The predicted octanol–water partition coefficient (Wildman–Crippen LogP) is 5.22. The molecule has 36 heavy (non-hydrogen) atoms. The van der Waals surface area contributed by atoms with Crippen LogP contribution in [0.3, 0.4) is 0 Å². The minimum atomic E-state index is -1.26. The first kappa shape index (κ1) is 23.3. The normalized spacial score (nSPS) is 28.4. The van der Waals surface area contributed by atoms with Gasteiger partial charge >= 0.3 is 0 Å². The molecule has 1 aliphatic heterocycles. The topological polar surface area (TPSA) is 66.5 Å². The summed E-state index contributed by atoms with van der Waals surface area (Å²) in [6.07, 6.45) is 0. The van der Waals surface area contributed by atoms with Crippen molar-refractivity contribution in [1.29, 1.82) is 0 Å². The zero-order chi connectivity index (χ0) is 25.6. The monoisotopic (exact) mass is 518 g/mol. The smallest absolute Gasteiger partial charge is 0.247 e. The molecule has 2 bridgehead atoms. The SMILES string of the molecule is Cc1cc(C)cc(NC(=O)[C@H](C)N2C(=O)[C@H]3[C@H](C2=O)C2(Cl)c4ccccc4C3(Cl)c3ccccc32)c1. The molecule has 0 spiro atoms. The molecule has 1 saturated heterocycles. The van der Waals surface area contributed by atoms with Crippen molar-refractivity contribution in [2.45, 2.75) is 36.6 Å². The third-order valence-corrected chi connectivity index (χ3v) is 9.16. The molecule has 4 aliphatic rings. The Morgan fingerprint density at radius 3 is 1.58 bits per heavy atom. The lowest BCUT2D eigenvalue weighted by Gasteiger charge is -2.54. The van der Waals surface area contributed by atoms with Gasteiger partial charge in [0.05, 0.1) is 11.8 Å². The van der Waals surface area contributed by atoms with Crippen molar-refractivity contribution in [1.82, 2.24) is 4.90 Å². The number of hydrogen-bond donors (Lipinski definition) is 1. The van der Waals surface area contributed by atoms with E-state index in [1.165, 1.54) is 0 Å². The van der Waals surface area contributed by atoms with E-state index in [0.29, 0.717) is 5.69 Å². The molecule has 3 amide bonds. The first-order valence-electron chi connectivity index (χ1n) is 11.9. The number of nitrogens with one attached hydrogen (secondary N) is 1. The van der Waals surface area contributed by atoms with Crippen LogP contribution in [0.4, 0.5) is 5.69 Å². The van der Waals surface area contributed by atoms with E-state index in [4.69, 9.17) is 23.2 Å². The fourth-order valence-electron chi connectivity index (χ4n) is 6.48. The van der Waals surface area contributed by atoms with Gasteiger partial charge in [-0.1, -0.05) is 54.6 Å². The van der Waals surface area contributed by atoms with E-state index in [0.717, 1.165) is 38.3 Å². The molecule has 7 heteroatoms. The highest BCUT2D eigenvalue weighted by Gasteiger charge is 2.73. The number of alkyl halides is 2. The minimum absolute atomic E-state index is 0.449. The second-order valence-electron chi connectivity index (χ2n) is 10.1. The van der Waals surface area contributed by atoms with Gasteiger partial charge < -0.3 is 5.32 Å². The van der Waals surface area contributed by atoms with Crippen LogP contribution in [0.15, 0.2) is 66.7 Å². The van der Waals surface area contributed by atoms with Crippen LogP contribution in [0.1, 0.15) is 40.3 Å². The van der Waals surface area contributed by atoms with Crippen LogP contribution >= 0.6 is 23.2 Å². The quantitative estimate of drug-likeness (QED) is 0.381. The molecule has 3 aromatic carbocycles. The van der Waals surface area contributed by atoms with Crippen LogP contribution in [-0.4, -0.2) is 28.7 Å². The van der Waals surface area contributed by atoms with Gasteiger partial charge in [-0.3, -0.25) is 19.3 Å². The van der Waals surface area contributed by atoms with Crippen LogP contribution in [0.25, 0.3) is 0 Å². The van der Waals surface area contributed by atoms with Gasteiger partial charge in [-0.15, -0.1) is 23.2 Å². The molecule has 0 saturated carbocycles. The Hall–Kier alpha value is -3.15. The molecule has 3 aliphatic carbocycles. The van der Waals surface area contributed by atoms with Crippen molar-refractivity contribution in [3.05, 3.63) is 100 Å². The van der Waals surface area contributed by atoms with Gasteiger partial charge in [0.15, 0.2) is 0 Å². The highest BCUT2D eigenvalue weighted by atomic mass is 35.5. The number of anilines is 1. The standard InChI is InChI=1S/C29H24Cl2N2O3/c1-15-12-16(2)14-18(13-15)32-25(34)17(3)33-26(35)23-24(27(33)36)29(31)20-9-5-4-8-19(20)28(23,30)21-10-6-7-11-22(21)29/h4-14,17,23-24H,1-3H3,(H,32,34)/t17-,23+,24+,28?,29?/m0/s1. The van der Waals surface area contributed by atoms with Gasteiger partial charge in [0, 0.05) is 5.69 Å². The van der Waals surface area contributed by atoms with Crippen molar-refractivity contribution in [3.63, 3.8) is 0 Å². The molecule has 0 radical (unpaired) electrons. The van der Waals surface area contributed by atoms with E-state index in [1.807, 2.05) is 80.6 Å². The lowest BCUT2D eigenvalue weighted by Crippen LogP contribution is -2.57. The van der Waals surface area contributed by atoms with Crippen LogP contribution in [0.2, 0.25) is 0 Å². The fraction of sp³-hybridized carbons (Fsp3) is 0.276. The van der Waals surface area contributed by atoms with Gasteiger partial charge in [-0.2, -0.15) is 0 Å². The number of carbonyl (C=O) groups is 3. The summed E-state index contributed by atoms with van der Waals surface area (Å²) >= 11 is 14.9. The number of hydrogen-bond acceptors (Lipinski definition) is 3. The lowest BCUT2D eigenvalue weighted by molar-refractivity contribution is -0.146. The van der Waals surface area contributed by atoms with Gasteiger partial charge in [-0.25, -0.2) is 0 Å². The number of rotatable bonds is 3. The molecule has 3 atom stereocenters. The van der Waals surface area contributed by atoms with Crippen LogP contribution in [-0.2, 0) is 24.1 Å². The third-order valence-electron chi connectivity index (χ3n) is 7.88. The zero-order valence-electron chi connectivity index (χ0n) is 20.0. The van der Waals surface area contributed by atoms with E-state index >= 15 is 0 Å². The molecule has 7 rings (SSSR count). The van der Waals surface area contributed by atoms with Crippen LogP contribution in [0.5, 0.6) is 0 Å². The first-order valence-corrected chi connectivity index (χ1v) is 12.7. The van der Waals surface area contributed by atoms with Gasteiger partial charge in [0.2, 0.25) is 17.7 Å². The Balaban J connectivity index is 1.44. The summed E-state index contributed by atoms with van der Waals surface area (Å²) in [5, 5.41) is 2.86. The number of carbonyl (C=O) groups excluding carboxylic acids is 3. The third kappa shape index (κ3) is 2.81. The summed E-state index contributed by atoms with van der Waals surface area (Å²) in [7, 11) is 0. The van der Waals surface area contributed by atoms with Crippen molar-refractivity contribution >= 4 is 46.6 Å². The zero-order valence-corrected chi connectivity index (χ0v) is 21.5. The number of imide groups is 1. The Bertz CT molecular complexity index is 1340. The van der Waals surface area contributed by atoms with E-state index in [9.17, 15) is 14.4 Å². The highest BCUT2D eigenvalue weighted by molar-refractivity contribution is 6.36. The average molecular weight is 519 g/mol. The molecule has 1 N–H and O–H groups in total. The molecule has 5 nitrogen and oxygen atoms in total. The first-order chi connectivity index (χ1) is 17.1. The average Bonchev–Trinajstić information content (AvgIpc) is 3.12. The van der Waals surface area contributed by atoms with Crippen molar-refractivity contribution in [2.24, 2.45) is 11.8 Å². The Labute approximate surface area is 219 Å². The molecule has 0 aromatic heterocycles. The van der Waals surface area contributed by atoms with E-state index < -0.39 is 45.3 Å². The molecular weight excluding hydrogens is 495 g/mol. The molecule has 3 aromatic rings. The van der Waals surface area contributed by atoms with Crippen LogP contribution in [0, 0.1) is 25.7 Å². The summed E-state index contributed by atoms with van der Waals surface area (Å²) in [6.45, 7) is 5.44. The van der Waals surface area contributed by atoms with E-state index in [1.54, 1.807) is 6.92 Å². The Morgan fingerprint density at radius 1 is 0.806 bits per heavy atom. The maximum absolute atomic E-state index is 14.0. The summed E-state index contributed by atoms with van der Waals surface area (Å²) in [5.74, 6) is -3.25. The minimum Gasteiger partial charge on any atom is -0.324 e. The van der Waals surface area contributed by atoms with E-state index in [-0.39, 0.29) is 0 Å². The molecule has 182 valence electrons. The second kappa shape index (κ2) is 7.67. The highest BCUT2D eigenvalue weighted by Crippen LogP contribution is 2.69. The number of likely N-dealkylation sites (tertiary alicyclic amines) is 1. The number of nitrogens with zero attached hydrogens (tertiary/aromatic N) is 1. The summed E-state index contributed by atoms with van der Waals surface area (Å²) in [5.41, 5.74) is 5.54. The number of benzene rings is 3. The van der Waals surface area contributed by atoms with Gasteiger partial charge in [-0.05, 0) is 66.3 Å². The van der Waals surface area contributed by atoms with Gasteiger partial charge in [0.1, 0.15) is 15.8 Å². The molecule has 1 fully saturated rings. The van der Waals surface area contributed by atoms with Gasteiger partial charge in [0.25, 0.3) is 0 Å². The molecule has 1 heterocycles. The predicted molar refractivity (Wildman–Crippen MR) is 139 cm³/mol. The molecular formula is C29H24Cl2N2O3. The Morgan fingerprint density at radius 2 is 1.19 bits per heavy atom. The maximum Gasteiger partial charge on any atom is 0.247 e. The molecule has 0 unspecified atom stereocenters. The van der Waals surface area contributed by atoms with Crippen LogP contribution < -0.4 is 5.32 Å². The summed E-state index contributed by atoms with van der Waals surface area (Å²) < 4.78 is 0. The van der Waals surface area contributed by atoms with Crippen molar-refractivity contribution < 1.29 is 14.4 Å². The lowest BCUT2D eigenvalue weighted by atomic mass is 9.54. The fourth-order valence-corrected chi connectivity index (χ4v) is 7.58. The second-order valence-corrected chi connectivity index (χ2v) is 11.3. The van der Waals surface area contributed by atoms with Crippen molar-refractivity contribution in [2.75, 3.05) is 5.32 Å².